The van der Waals surface area contributed by atoms with Gasteiger partial charge in [-0.15, -0.1) is 0 Å². The van der Waals surface area contributed by atoms with Gasteiger partial charge in [0.05, 0.1) is 23.4 Å². The third-order valence-corrected chi connectivity index (χ3v) is 4.57. The van der Waals surface area contributed by atoms with E-state index in [4.69, 9.17) is 4.74 Å². The molecule has 0 radical (unpaired) electrons. The topological polar surface area (TPSA) is 95.6 Å². The third-order valence-electron chi connectivity index (χ3n) is 4.57. The molecule has 0 bridgehead atoms. The molecule has 3 amide bonds. The Balaban J connectivity index is 1.59. The number of nitrogens with one attached hydrogen (secondary N) is 1. The number of carbonyl (C=O) groups excluding carboxylic acids is 3. The summed E-state index contributed by atoms with van der Waals surface area (Å²) in [5, 5.41) is 7.09. The highest BCUT2D eigenvalue weighted by atomic mass is 16.6. The lowest BCUT2D eigenvalue weighted by molar-refractivity contribution is 0.0221. The standard InChI is InChI=1S/C19H20N4O4/c1-19(2,3)27-18(26)22-9-8-13-14(10-22)20-21-15(13)23-16(24)11-6-4-5-7-12(11)17(23)25/h4-7H,8-10H2,1-3H3,(H,20,21). The molecular weight excluding hydrogens is 348 g/mol. The second-order valence-electron chi connectivity index (χ2n) is 7.65. The van der Waals surface area contributed by atoms with Gasteiger partial charge in [-0.2, -0.15) is 5.10 Å². The van der Waals surface area contributed by atoms with E-state index in [1.807, 2.05) is 20.8 Å². The maximum absolute atomic E-state index is 12.7. The summed E-state index contributed by atoms with van der Waals surface area (Å²) in [6.07, 6.45) is 0.0819. The van der Waals surface area contributed by atoms with Crippen LogP contribution in [0.1, 0.15) is 52.7 Å². The molecule has 1 aromatic heterocycles. The first-order valence-electron chi connectivity index (χ1n) is 8.78. The largest absolute Gasteiger partial charge is 0.444 e. The van der Waals surface area contributed by atoms with Crippen LogP contribution in [0.15, 0.2) is 24.3 Å². The number of anilines is 1. The van der Waals surface area contributed by atoms with Crippen LogP contribution in [0.5, 0.6) is 0 Å². The molecule has 0 atom stereocenters. The molecule has 2 aliphatic heterocycles. The number of H-pyrrole nitrogens is 1. The number of amides is 3. The molecule has 1 aromatic carbocycles. The van der Waals surface area contributed by atoms with Gasteiger partial charge in [0, 0.05) is 12.1 Å². The van der Waals surface area contributed by atoms with Crippen LogP contribution in [0.2, 0.25) is 0 Å². The van der Waals surface area contributed by atoms with E-state index in [2.05, 4.69) is 10.2 Å². The first-order valence-corrected chi connectivity index (χ1v) is 8.78. The van der Waals surface area contributed by atoms with E-state index in [1.54, 1.807) is 29.2 Å². The van der Waals surface area contributed by atoms with E-state index >= 15 is 0 Å². The Kier molecular flexibility index (Phi) is 3.80. The van der Waals surface area contributed by atoms with Gasteiger partial charge in [-0.1, -0.05) is 12.1 Å². The van der Waals surface area contributed by atoms with E-state index < -0.39 is 11.7 Å². The average molecular weight is 368 g/mol. The number of ether oxygens (including phenoxy) is 1. The average Bonchev–Trinajstić information content (AvgIpc) is 3.13. The van der Waals surface area contributed by atoms with Gasteiger partial charge in [0.15, 0.2) is 5.82 Å². The van der Waals surface area contributed by atoms with Gasteiger partial charge < -0.3 is 9.64 Å². The second kappa shape index (κ2) is 5.94. The molecule has 27 heavy (non-hydrogen) atoms. The fraction of sp³-hybridized carbons (Fsp3) is 0.368. The summed E-state index contributed by atoms with van der Waals surface area (Å²) < 4.78 is 5.41. The number of fused-ring (bicyclic) bond motifs is 2. The molecule has 8 nitrogen and oxygen atoms in total. The fourth-order valence-corrected chi connectivity index (χ4v) is 3.35. The van der Waals surface area contributed by atoms with Crippen LogP contribution < -0.4 is 4.90 Å². The predicted molar refractivity (Wildman–Crippen MR) is 96.5 cm³/mol. The van der Waals surface area contributed by atoms with Gasteiger partial charge in [0.25, 0.3) is 11.8 Å². The Bertz CT molecular complexity index is 922. The summed E-state index contributed by atoms with van der Waals surface area (Å²) in [6, 6.07) is 6.73. The monoisotopic (exact) mass is 368 g/mol. The van der Waals surface area contributed by atoms with Crippen LogP contribution in [0.4, 0.5) is 10.6 Å². The molecule has 0 unspecified atom stereocenters. The van der Waals surface area contributed by atoms with Gasteiger partial charge >= 0.3 is 6.09 Å². The summed E-state index contributed by atoms with van der Waals surface area (Å²) in [5.41, 5.74) is 1.68. The smallest absolute Gasteiger partial charge is 0.410 e. The van der Waals surface area contributed by atoms with Crippen LogP contribution in [-0.2, 0) is 17.7 Å². The normalized spacial score (nSPS) is 16.4. The van der Waals surface area contributed by atoms with Crippen molar-refractivity contribution in [2.75, 3.05) is 11.4 Å². The number of hydrogen-bond donors (Lipinski definition) is 1. The number of aromatic nitrogens is 2. The van der Waals surface area contributed by atoms with E-state index in [9.17, 15) is 14.4 Å². The van der Waals surface area contributed by atoms with Crippen LogP contribution >= 0.6 is 0 Å². The molecule has 4 rings (SSSR count). The molecule has 0 fully saturated rings. The lowest BCUT2D eigenvalue weighted by Crippen LogP contribution is -2.40. The van der Waals surface area contributed by atoms with Crippen molar-refractivity contribution in [1.29, 1.82) is 0 Å². The van der Waals surface area contributed by atoms with Crippen molar-refractivity contribution in [3.05, 3.63) is 46.6 Å². The van der Waals surface area contributed by atoms with Gasteiger partial charge in [-0.3, -0.25) is 14.7 Å². The molecule has 8 heteroatoms. The summed E-state index contributed by atoms with van der Waals surface area (Å²) in [4.78, 5) is 40.4. The Morgan fingerprint density at radius 1 is 1.15 bits per heavy atom. The molecule has 0 saturated heterocycles. The molecule has 1 N–H and O–H groups in total. The fourth-order valence-electron chi connectivity index (χ4n) is 3.35. The third kappa shape index (κ3) is 2.87. The zero-order chi connectivity index (χ0) is 19.3. The summed E-state index contributed by atoms with van der Waals surface area (Å²) >= 11 is 0. The van der Waals surface area contributed by atoms with Crippen LogP contribution in [0, 0.1) is 0 Å². The number of imide groups is 1. The molecule has 3 heterocycles. The number of hydrogen-bond acceptors (Lipinski definition) is 5. The second-order valence-corrected chi connectivity index (χ2v) is 7.65. The van der Waals surface area contributed by atoms with Crippen LogP contribution in [-0.4, -0.2) is 45.2 Å². The Morgan fingerprint density at radius 2 is 1.78 bits per heavy atom. The highest BCUT2D eigenvalue weighted by Crippen LogP contribution is 2.33. The van der Waals surface area contributed by atoms with E-state index in [0.29, 0.717) is 42.1 Å². The Hall–Kier alpha value is -3.16. The van der Waals surface area contributed by atoms with Crippen LogP contribution in [0.3, 0.4) is 0 Å². The van der Waals surface area contributed by atoms with Crippen LogP contribution in [0.25, 0.3) is 0 Å². The first-order chi connectivity index (χ1) is 12.8. The first kappa shape index (κ1) is 17.3. The molecule has 2 aliphatic rings. The molecule has 0 aliphatic carbocycles. The summed E-state index contributed by atoms with van der Waals surface area (Å²) in [5.74, 6) is -0.431. The minimum Gasteiger partial charge on any atom is -0.444 e. The molecule has 0 spiro atoms. The van der Waals surface area contributed by atoms with Crippen molar-refractivity contribution >= 4 is 23.7 Å². The maximum Gasteiger partial charge on any atom is 0.410 e. The van der Waals surface area contributed by atoms with Gasteiger partial charge in [-0.05, 0) is 39.3 Å². The lowest BCUT2D eigenvalue weighted by Gasteiger charge is -2.30. The van der Waals surface area contributed by atoms with Crippen molar-refractivity contribution in [3.8, 4) is 0 Å². The predicted octanol–water partition coefficient (Wildman–Crippen LogP) is 2.50. The van der Waals surface area contributed by atoms with E-state index in [0.717, 1.165) is 10.5 Å². The lowest BCUT2D eigenvalue weighted by atomic mass is 10.1. The molecule has 0 saturated carbocycles. The Labute approximate surface area is 156 Å². The zero-order valence-electron chi connectivity index (χ0n) is 15.4. The van der Waals surface area contributed by atoms with E-state index in [1.165, 1.54) is 0 Å². The van der Waals surface area contributed by atoms with Gasteiger partial charge in [0.1, 0.15) is 5.60 Å². The zero-order valence-corrected chi connectivity index (χ0v) is 15.4. The maximum atomic E-state index is 12.7. The number of carbonyl (C=O) groups is 3. The van der Waals surface area contributed by atoms with Gasteiger partial charge in [-0.25, -0.2) is 9.69 Å². The van der Waals surface area contributed by atoms with E-state index in [-0.39, 0.29) is 11.8 Å². The number of benzene rings is 1. The van der Waals surface area contributed by atoms with Crippen molar-refractivity contribution in [1.82, 2.24) is 15.1 Å². The van der Waals surface area contributed by atoms with Crippen molar-refractivity contribution < 1.29 is 19.1 Å². The van der Waals surface area contributed by atoms with Crippen molar-refractivity contribution in [3.63, 3.8) is 0 Å². The summed E-state index contributed by atoms with van der Waals surface area (Å²) in [7, 11) is 0. The minimum absolute atomic E-state index is 0.292. The van der Waals surface area contributed by atoms with Crippen molar-refractivity contribution in [2.24, 2.45) is 0 Å². The number of nitrogens with zero attached hydrogens (tertiary/aromatic N) is 3. The highest BCUT2D eigenvalue weighted by molar-refractivity contribution is 6.34. The molecular formula is C19H20N4O4. The molecule has 140 valence electrons. The SMILES string of the molecule is CC(C)(C)OC(=O)N1CCc2c(N3C(=O)c4ccccc4C3=O)n[nH]c2C1. The summed E-state index contributed by atoms with van der Waals surface area (Å²) in [6.45, 7) is 6.17. The quantitative estimate of drug-likeness (QED) is 0.780. The minimum atomic E-state index is -0.573. The van der Waals surface area contributed by atoms with Gasteiger partial charge in [0.2, 0.25) is 0 Å². The highest BCUT2D eigenvalue weighted by Gasteiger charge is 2.40. The number of aromatic amines is 1. The Morgan fingerprint density at radius 3 is 2.37 bits per heavy atom. The number of rotatable bonds is 1. The molecule has 2 aromatic rings. The van der Waals surface area contributed by atoms with Crippen molar-refractivity contribution in [2.45, 2.75) is 39.3 Å².